The smallest absolute Gasteiger partial charge is 0.0678 e. The molecule has 1 heterocycles. The Morgan fingerprint density at radius 1 is 1.29 bits per heavy atom. The highest BCUT2D eigenvalue weighted by Crippen LogP contribution is 2.13. The number of ether oxygens (including phenoxy) is 1. The summed E-state index contributed by atoms with van der Waals surface area (Å²) in [4.78, 5) is 2.47. The molecule has 3 heteroatoms. The van der Waals surface area contributed by atoms with Crippen LogP contribution in [0.4, 0.5) is 0 Å². The Morgan fingerprint density at radius 3 is 2.21 bits per heavy atom. The summed E-state index contributed by atoms with van der Waals surface area (Å²) in [6.07, 6.45) is 0.720. The van der Waals surface area contributed by atoms with Gasteiger partial charge in [-0.15, -0.1) is 0 Å². The molecule has 0 aromatic heterocycles. The van der Waals surface area contributed by atoms with Gasteiger partial charge in [-0.05, 0) is 26.7 Å². The van der Waals surface area contributed by atoms with Crippen molar-refractivity contribution in [2.45, 2.75) is 45.9 Å². The lowest BCUT2D eigenvalue weighted by molar-refractivity contribution is -0.0714. The average Bonchev–Trinajstić information content (AvgIpc) is 2.01. The maximum Gasteiger partial charge on any atom is 0.0678 e. The third-order valence-electron chi connectivity index (χ3n) is 2.94. The summed E-state index contributed by atoms with van der Waals surface area (Å²) in [6.45, 7) is 11.8. The number of nitrogens with two attached hydrogens (primary N) is 1. The fraction of sp³-hybridized carbons (Fsp3) is 1.00. The molecule has 4 atom stereocenters. The molecular weight excluding hydrogens is 176 g/mol. The van der Waals surface area contributed by atoms with Gasteiger partial charge in [0.25, 0.3) is 0 Å². The van der Waals surface area contributed by atoms with Crippen molar-refractivity contribution in [2.24, 2.45) is 11.7 Å². The van der Waals surface area contributed by atoms with E-state index in [-0.39, 0.29) is 6.04 Å². The first kappa shape index (κ1) is 12.0. The lowest BCUT2D eigenvalue weighted by Crippen LogP contribution is -2.48. The molecule has 84 valence electrons. The minimum Gasteiger partial charge on any atom is -0.373 e. The van der Waals surface area contributed by atoms with E-state index >= 15 is 0 Å². The summed E-state index contributed by atoms with van der Waals surface area (Å²) in [5.41, 5.74) is 5.86. The number of rotatable bonds is 3. The number of hydrogen-bond acceptors (Lipinski definition) is 3. The summed E-state index contributed by atoms with van der Waals surface area (Å²) in [5.74, 6) is 0.562. The van der Waals surface area contributed by atoms with Crippen LogP contribution in [0.1, 0.15) is 27.7 Å². The van der Waals surface area contributed by atoms with E-state index < -0.39 is 0 Å². The fourth-order valence-corrected chi connectivity index (χ4v) is 2.01. The number of hydrogen-bond donors (Lipinski definition) is 1. The maximum absolute atomic E-state index is 5.86. The van der Waals surface area contributed by atoms with Crippen molar-refractivity contribution in [3.05, 3.63) is 0 Å². The van der Waals surface area contributed by atoms with Crippen molar-refractivity contribution in [3.63, 3.8) is 0 Å². The number of morpholine rings is 1. The van der Waals surface area contributed by atoms with E-state index in [4.69, 9.17) is 10.5 Å². The van der Waals surface area contributed by atoms with E-state index in [1.165, 1.54) is 0 Å². The molecule has 0 spiro atoms. The summed E-state index contributed by atoms with van der Waals surface area (Å²) in [7, 11) is 0. The van der Waals surface area contributed by atoms with E-state index in [1.807, 2.05) is 0 Å². The molecule has 14 heavy (non-hydrogen) atoms. The van der Waals surface area contributed by atoms with Crippen molar-refractivity contribution >= 4 is 0 Å². The standard InChI is InChI=1S/C11H24N2O/c1-8(11(4)12)5-13-6-9(2)14-10(3)7-13/h8-11H,5-7,12H2,1-4H3/t8?,9-,10+,11?. The van der Waals surface area contributed by atoms with Crippen molar-refractivity contribution in [2.75, 3.05) is 19.6 Å². The van der Waals surface area contributed by atoms with Crippen molar-refractivity contribution in [1.29, 1.82) is 0 Å². The summed E-state index contributed by atoms with van der Waals surface area (Å²) in [6, 6.07) is 0.281. The van der Waals surface area contributed by atoms with Gasteiger partial charge in [-0.1, -0.05) is 6.92 Å². The largest absolute Gasteiger partial charge is 0.373 e. The van der Waals surface area contributed by atoms with Crippen LogP contribution in [-0.4, -0.2) is 42.8 Å². The Hall–Kier alpha value is -0.120. The van der Waals surface area contributed by atoms with Crippen LogP contribution in [0.2, 0.25) is 0 Å². The minimum absolute atomic E-state index is 0.281. The maximum atomic E-state index is 5.86. The van der Waals surface area contributed by atoms with E-state index in [0.717, 1.165) is 19.6 Å². The quantitative estimate of drug-likeness (QED) is 0.741. The van der Waals surface area contributed by atoms with E-state index in [2.05, 4.69) is 32.6 Å². The molecule has 2 unspecified atom stereocenters. The molecule has 1 fully saturated rings. The Kier molecular flexibility index (Phi) is 4.35. The van der Waals surface area contributed by atoms with E-state index in [9.17, 15) is 0 Å². The Bertz CT molecular complexity index is 163. The second-order valence-electron chi connectivity index (χ2n) is 4.81. The molecule has 0 aromatic rings. The first-order valence-corrected chi connectivity index (χ1v) is 5.62. The van der Waals surface area contributed by atoms with Crippen LogP contribution in [0.3, 0.4) is 0 Å². The molecule has 0 aromatic carbocycles. The third-order valence-corrected chi connectivity index (χ3v) is 2.94. The van der Waals surface area contributed by atoms with E-state index in [1.54, 1.807) is 0 Å². The predicted molar refractivity (Wildman–Crippen MR) is 59.3 cm³/mol. The molecule has 1 saturated heterocycles. The van der Waals surface area contributed by atoms with Crippen LogP contribution in [-0.2, 0) is 4.74 Å². The van der Waals surface area contributed by atoms with Crippen LogP contribution in [0.15, 0.2) is 0 Å². The van der Waals surface area contributed by atoms with Crippen LogP contribution in [0.25, 0.3) is 0 Å². The third kappa shape index (κ3) is 3.56. The van der Waals surface area contributed by atoms with Gasteiger partial charge in [0.2, 0.25) is 0 Å². The molecule has 0 aliphatic carbocycles. The summed E-state index contributed by atoms with van der Waals surface area (Å²) >= 11 is 0. The monoisotopic (exact) mass is 200 g/mol. The van der Waals surface area contributed by atoms with Crippen LogP contribution < -0.4 is 5.73 Å². The van der Waals surface area contributed by atoms with Gasteiger partial charge in [0.1, 0.15) is 0 Å². The number of nitrogens with zero attached hydrogens (tertiary/aromatic N) is 1. The zero-order valence-electron chi connectivity index (χ0n) is 9.86. The van der Waals surface area contributed by atoms with Gasteiger partial charge in [-0.25, -0.2) is 0 Å². The fourth-order valence-electron chi connectivity index (χ4n) is 2.01. The van der Waals surface area contributed by atoms with Gasteiger partial charge < -0.3 is 10.5 Å². The molecule has 0 saturated carbocycles. The highest BCUT2D eigenvalue weighted by Gasteiger charge is 2.23. The Balaban J connectivity index is 2.36. The molecule has 3 nitrogen and oxygen atoms in total. The predicted octanol–water partition coefficient (Wildman–Crippen LogP) is 1.08. The molecule has 1 rings (SSSR count). The van der Waals surface area contributed by atoms with E-state index in [0.29, 0.717) is 18.1 Å². The minimum atomic E-state index is 0.281. The first-order valence-electron chi connectivity index (χ1n) is 5.62. The lowest BCUT2D eigenvalue weighted by Gasteiger charge is -2.37. The molecule has 0 amide bonds. The zero-order valence-corrected chi connectivity index (χ0v) is 9.86. The molecule has 2 N–H and O–H groups in total. The topological polar surface area (TPSA) is 38.5 Å². The molecule has 1 aliphatic heterocycles. The normalized spacial score (nSPS) is 34.1. The summed E-state index contributed by atoms with van der Waals surface area (Å²) in [5, 5.41) is 0. The van der Waals surface area contributed by atoms with Gasteiger partial charge in [0.05, 0.1) is 12.2 Å². The van der Waals surface area contributed by atoms with Crippen molar-refractivity contribution < 1.29 is 4.74 Å². The van der Waals surface area contributed by atoms with Crippen molar-refractivity contribution in [3.8, 4) is 0 Å². The average molecular weight is 200 g/mol. The molecule has 1 aliphatic rings. The van der Waals surface area contributed by atoms with Crippen molar-refractivity contribution in [1.82, 2.24) is 4.90 Å². The highest BCUT2D eigenvalue weighted by molar-refractivity contribution is 4.76. The van der Waals surface area contributed by atoms with Crippen LogP contribution in [0.5, 0.6) is 0 Å². The van der Waals surface area contributed by atoms with Crippen LogP contribution >= 0.6 is 0 Å². The zero-order chi connectivity index (χ0) is 10.7. The molecule has 0 bridgehead atoms. The van der Waals surface area contributed by atoms with Gasteiger partial charge in [0, 0.05) is 25.7 Å². The van der Waals surface area contributed by atoms with Gasteiger partial charge in [0.15, 0.2) is 0 Å². The van der Waals surface area contributed by atoms with Crippen LogP contribution in [0, 0.1) is 5.92 Å². The Labute approximate surface area is 87.6 Å². The summed E-state index contributed by atoms with van der Waals surface area (Å²) < 4.78 is 5.69. The second-order valence-corrected chi connectivity index (χ2v) is 4.81. The second kappa shape index (κ2) is 5.10. The van der Waals surface area contributed by atoms with Gasteiger partial charge >= 0.3 is 0 Å². The SMILES string of the molecule is CC(N)C(C)CN1C[C@@H](C)O[C@@H](C)C1. The molecular formula is C11H24N2O. The lowest BCUT2D eigenvalue weighted by atomic mass is 10.0. The molecule has 0 radical (unpaired) electrons. The van der Waals surface area contributed by atoms with Gasteiger partial charge in [-0.2, -0.15) is 0 Å². The Morgan fingerprint density at radius 2 is 1.79 bits per heavy atom. The van der Waals surface area contributed by atoms with Gasteiger partial charge in [-0.3, -0.25) is 4.90 Å². The highest BCUT2D eigenvalue weighted by atomic mass is 16.5. The first-order chi connectivity index (χ1) is 6.49.